The lowest BCUT2D eigenvalue weighted by molar-refractivity contribution is 0.102. The molecule has 0 saturated heterocycles. The van der Waals surface area contributed by atoms with Gasteiger partial charge in [0, 0.05) is 21.5 Å². The van der Waals surface area contributed by atoms with Crippen molar-refractivity contribution < 1.29 is 33.1 Å². The van der Waals surface area contributed by atoms with Gasteiger partial charge in [0.1, 0.15) is 17.4 Å². The zero-order chi connectivity index (χ0) is 31.7. The Bertz CT molecular complexity index is 1630. The van der Waals surface area contributed by atoms with E-state index in [2.05, 4.69) is 35.4 Å². The molecule has 1 amide bonds. The lowest BCUT2D eigenvalue weighted by Crippen LogP contribution is -2.41. The van der Waals surface area contributed by atoms with E-state index in [1.54, 1.807) is 55.8 Å². The SMILES string of the molecule is COc1ccc2nc(OCCCNC(C)(C)CCOP(=O)(O)O)nc(Nc3ccc(NC(=O)c4cccc(Cl)c4)nc3)c2c1. The molecular weight excluding hydrogens is 611 g/mol. The summed E-state index contributed by atoms with van der Waals surface area (Å²) in [5.41, 5.74) is 1.28. The Morgan fingerprint density at radius 1 is 1.07 bits per heavy atom. The van der Waals surface area contributed by atoms with Crippen molar-refractivity contribution in [2.75, 3.05) is 37.5 Å². The Morgan fingerprint density at radius 3 is 2.59 bits per heavy atom. The smallest absolute Gasteiger partial charge is 0.469 e. The molecule has 234 valence electrons. The average Bonchev–Trinajstić information content (AvgIpc) is 2.97. The van der Waals surface area contributed by atoms with Crippen LogP contribution in [0.5, 0.6) is 11.8 Å². The first-order valence-electron chi connectivity index (χ1n) is 13.6. The molecule has 2 heterocycles. The van der Waals surface area contributed by atoms with Gasteiger partial charge in [-0.05, 0) is 81.8 Å². The molecule has 0 aliphatic rings. The molecule has 0 saturated carbocycles. The Hall–Kier alpha value is -3.84. The van der Waals surface area contributed by atoms with E-state index in [0.29, 0.717) is 70.6 Å². The molecule has 0 atom stereocenters. The number of anilines is 3. The standard InChI is InChI=1S/C29H34ClN6O7P/c1-29(2,12-15-43-44(38,39)40)32-13-5-14-42-28-34-24-10-9-22(41-3)17-23(24)26(36-28)33-21-8-11-25(31-18-21)35-27(37)19-6-4-7-20(30)16-19/h4,6-11,16-18,32H,5,12-15H2,1-3H3,(H,31,35,37)(H,33,34,36)(H2,38,39,40). The van der Waals surface area contributed by atoms with Gasteiger partial charge in [-0.15, -0.1) is 0 Å². The van der Waals surface area contributed by atoms with Crippen molar-refractivity contribution in [1.29, 1.82) is 0 Å². The van der Waals surface area contributed by atoms with Gasteiger partial charge in [-0.2, -0.15) is 9.97 Å². The second-order valence-corrected chi connectivity index (χ2v) is 12.0. The fourth-order valence-corrected chi connectivity index (χ4v) is 4.56. The van der Waals surface area contributed by atoms with Crippen LogP contribution in [0.25, 0.3) is 10.9 Å². The van der Waals surface area contributed by atoms with Gasteiger partial charge in [0.2, 0.25) is 0 Å². The van der Waals surface area contributed by atoms with E-state index >= 15 is 0 Å². The quantitative estimate of drug-likeness (QED) is 0.0832. The summed E-state index contributed by atoms with van der Waals surface area (Å²) >= 11 is 5.99. The molecule has 0 unspecified atom stereocenters. The largest absolute Gasteiger partial charge is 0.497 e. The molecule has 0 fully saturated rings. The van der Waals surface area contributed by atoms with Crippen molar-refractivity contribution in [3.8, 4) is 11.8 Å². The van der Waals surface area contributed by atoms with E-state index in [-0.39, 0.29) is 18.5 Å². The van der Waals surface area contributed by atoms with Crippen LogP contribution in [0.15, 0.2) is 60.8 Å². The number of phosphoric acid groups is 1. The number of benzene rings is 2. The van der Waals surface area contributed by atoms with Gasteiger partial charge in [-0.25, -0.2) is 9.55 Å². The minimum absolute atomic E-state index is 0.0673. The summed E-state index contributed by atoms with van der Waals surface area (Å²) in [7, 11) is -2.91. The molecule has 0 bridgehead atoms. The molecule has 44 heavy (non-hydrogen) atoms. The van der Waals surface area contributed by atoms with Crippen molar-refractivity contribution >= 4 is 53.6 Å². The first kappa shape index (κ1) is 33.1. The maximum Gasteiger partial charge on any atom is 0.469 e. The fraction of sp³-hybridized carbons (Fsp3) is 0.310. The summed E-state index contributed by atoms with van der Waals surface area (Å²) in [4.78, 5) is 43.7. The van der Waals surface area contributed by atoms with Crippen LogP contribution in [0.1, 0.15) is 37.0 Å². The van der Waals surface area contributed by atoms with Gasteiger partial charge >= 0.3 is 13.8 Å². The molecule has 0 spiro atoms. The maximum absolute atomic E-state index is 12.5. The predicted molar refractivity (Wildman–Crippen MR) is 168 cm³/mol. The van der Waals surface area contributed by atoms with Crippen LogP contribution in [0, 0.1) is 0 Å². The highest BCUT2D eigenvalue weighted by Gasteiger charge is 2.20. The molecule has 4 rings (SSSR count). The van der Waals surface area contributed by atoms with Gasteiger partial charge < -0.3 is 35.2 Å². The van der Waals surface area contributed by atoms with E-state index in [4.69, 9.17) is 30.9 Å². The van der Waals surface area contributed by atoms with Crippen molar-refractivity contribution in [3.05, 3.63) is 71.4 Å². The number of hydrogen-bond acceptors (Lipinski definition) is 10. The zero-order valence-electron chi connectivity index (χ0n) is 24.4. The number of phosphoric ester groups is 1. The normalized spacial score (nSPS) is 11.8. The second-order valence-electron chi connectivity index (χ2n) is 10.3. The Kier molecular flexibility index (Phi) is 11.1. The molecule has 2 aromatic carbocycles. The summed E-state index contributed by atoms with van der Waals surface area (Å²) in [6.07, 6.45) is 2.61. The minimum atomic E-state index is -4.49. The number of amides is 1. The topological polar surface area (TPSA) is 177 Å². The first-order chi connectivity index (χ1) is 20.9. The van der Waals surface area contributed by atoms with Crippen molar-refractivity contribution in [2.24, 2.45) is 0 Å². The van der Waals surface area contributed by atoms with Crippen LogP contribution >= 0.6 is 19.4 Å². The maximum atomic E-state index is 12.5. The third-order valence-electron chi connectivity index (χ3n) is 6.38. The number of pyridine rings is 1. The van der Waals surface area contributed by atoms with E-state index in [1.807, 2.05) is 26.0 Å². The number of aromatic nitrogens is 3. The van der Waals surface area contributed by atoms with Crippen LogP contribution in [0.3, 0.4) is 0 Å². The summed E-state index contributed by atoms with van der Waals surface area (Å²) in [6, 6.07) is 15.7. The van der Waals surface area contributed by atoms with Crippen molar-refractivity contribution in [1.82, 2.24) is 20.3 Å². The third-order valence-corrected chi connectivity index (χ3v) is 7.13. The summed E-state index contributed by atoms with van der Waals surface area (Å²) in [5, 5.41) is 10.5. The molecule has 15 heteroatoms. The molecule has 0 radical (unpaired) electrons. The highest BCUT2D eigenvalue weighted by Crippen LogP contribution is 2.36. The zero-order valence-corrected chi connectivity index (χ0v) is 26.1. The number of fused-ring (bicyclic) bond motifs is 1. The molecule has 0 aliphatic carbocycles. The number of nitrogens with one attached hydrogen (secondary N) is 3. The number of hydrogen-bond donors (Lipinski definition) is 5. The van der Waals surface area contributed by atoms with Crippen LogP contribution in [-0.4, -0.2) is 63.1 Å². The van der Waals surface area contributed by atoms with E-state index in [1.165, 1.54) is 0 Å². The number of rotatable bonds is 15. The number of nitrogens with zero attached hydrogens (tertiary/aromatic N) is 3. The van der Waals surface area contributed by atoms with E-state index in [9.17, 15) is 9.36 Å². The number of carbonyl (C=O) groups is 1. The fourth-order valence-electron chi connectivity index (χ4n) is 4.04. The van der Waals surface area contributed by atoms with Crippen LogP contribution in [-0.2, 0) is 9.09 Å². The average molecular weight is 645 g/mol. The van der Waals surface area contributed by atoms with Gasteiger partial charge in [0.25, 0.3) is 5.91 Å². The van der Waals surface area contributed by atoms with Crippen LogP contribution in [0.2, 0.25) is 5.02 Å². The minimum Gasteiger partial charge on any atom is -0.497 e. The summed E-state index contributed by atoms with van der Waals surface area (Å²) < 4.78 is 26.7. The number of carbonyl (C=O) groups excluding carboxylic acids is 1. The second kappa shape index (κ2) is 14.8. The Labute approximate surface area is 259 Å². The summed E-state index contributed by atoms with van der Waals surface area (Å²) in [5.74, 6) is 1.15. The lowest BCUT2D eigenvalue weighted by atomic mass is 10.0. The van der Waals surface area contributed by atoms with Crippen molar-refractivity contribution in [2.45, 2.75) is 32.2 Å². The lowest BCUT2D eigenvalue weighted by Gasteiger charge is -2.26. The van der Waals surface area contributed by atoms with Gasteiger partial charge in [0.15, 0.2) is 0 Å². The highest BCUT2D eigenvalue weighted by atomic mass is 35.5. The molecule has 13 nitrogen and oxygen atoms in total. The number of ether oxygens (including phenoxy) is 2. The molecular formula is C29H34ClN6O7P. The molecule has 5 N–H and O–H groups in total. The monoisotopic (exact) mass is 644 g/mol. The molecule has 0 aliphatic heterocycles. The number of halogens is 1. The summed E-state index contributed by atoms with van der Waals surface area (Å²) in [6.45, 7) is 4.69. The van der Waals surface area contributed by atoms with Gasteiger partial charge in [-0.3, -0.25) is 9.32 Å². The number of methoxy groups -OCH3 is 1. The van der Waals surface area contributed by atoms with Crippen molar-refractivity contribution in [3.63, 3.8) is 0 Å². The Balaban J connectivity index is 1.39. The van der Waals surface area contributed by atoms with Crippen LogP contribution in [0.4, 0.5) is 17.3 Å². The third kappa shape index (κ3) is 10.1. The van der Waals surface area contributed by atoms with Crippen LogP contribution < -0.4 is 25.4 Å². The molecule has 4 aromatic rings. The van der Waals surface area contributed by atoms with Gasteiger partial charge in [-0.1, -0.05) is 17.7 Å². The first-order valence-corrected chi connectivity index (χ1v) is 15.6. The van der Waals surface area contributed by atoms with Gasteiger partial charge in [0.05, 0.1) is 37.7 Å². The van der Waals surface area contributed by atoms with E-state index < -0.39 is 13.4 Å². The predicted octanol–water partition coefficient (Wildman–Crippen LogP) is 5.32. The van der Waals surface area contributed by atoms with E-state index in [0.717, 1.165) is 0 Å². The molecule has 2 aromatic heterocycles. The highest BCUT2D eigenvalue weighted by molar-refractivity contribution is 7.46. The Morgan fingerprint density at radius 2 is 1.89 bits per heavy atom.